The highest BCUT2D eigenvalue weighted by molar-refractivity contribution is 7.53. The van der Waals surface area contributed by atoms with Crippen molar-refractivity contribution >= 4 is 19.5 Å². The maximum absolute atomic E-state index is 12.5. The number of hydrogen-bond donors (Lipinski definition) is 2. The van der Waals surface area contributed by atoms with E-state index in [2.05, 4.69) is 4.90 Å². The summed E-state index contributed by atoms with van der Waals surface area (Å²) in [6.07, 6.45) is 1.55. The van der Waals surface area contributed by atoms with Gasteiger partial charge in [-0.25, -0.2) is 0 Å². The molecule has 0 saturated carbocycles. The molecule has 0 aliphatic carbocycles. The summed E-state index contributed by atoms with van der Waals surface area (Å²) in [6, 6.07) is -0.916. The smallest absolute Gasteiger partial charge is 0.332 e. The fraction of sp³-hybridized carbons (Fsp3) is 0.875. The first-order valence-corrected chi connectivity index (χ1v) is 10.9. The molecule has 0 aromatic rings. The molecule has 0 aromatic carbocycles. The van der Waals surface area contributed by atoms with Crippen molar-refractivity contribution in [3.8, 4) is 0 Å². The van der Waals surface area contributed by atoms with Gasteiger partial charge in [0.05, 0.1) is 25.4 Å². The monoisotopic (exact) mass is 393 g/mol. The zero-order valence-electron chi connectivity index (χ0n) is 15.8. The van der Waals surface area contributed by atoms with Crippen LogP contribution in [-0.4, -0.2) is 84.9 Å². The van der Waals surface area contributed by atoms with Gasteiger partial charge in [-0.1, -0.05) is 0 Å². The fourth-order valence-corrected chi connectivity index (χ4v) is 4.60. The average Bonchev–Trinajstić information content (AvgIpc) is 2.58. The Labute approximate surface area is 155 Å². The predicted molar refractivity (Wildman–Crippen MR) is 98.2 cm³/mol. The first-order chi connectivity index (χ1) is 12.3. The first kappa shape index (κ1) is 23.0. The molecule has 1 fully saturated rings. The summed E-state index contributed by atoms with van der Waals surface area (Å²) in [5.74, 6) is -1.01. The maximum atomic E-state index is 12.5. The van der Waals surface area contributed by atoms with Crippen LogP contribution in [0, 0.1) is 0 Å². The number of amides is 1. The molecule has 1 rings (SSSR count). The third-order valence-electron chi connectivity index (χ3n) is 4.19. The molecular weight excluding hydrogens is 361 g/mol. The number of hydrogen-bond acceptors (Lipinski definition) is 7. The molecule has 9 nitrogen and oxygen atoms in total. The zero-order valence-corrected chi connectivity index (χ0v) is 16.7. The normalized spacial score (nSPS) is 17.3. The second-order valence-corrected chi connectivity index (χ2v) is 8.36. The molecule has 0 bridgehead atoms. The molecule has 1 aliphatic rings. The van der Waals surface area contributed by atoms with Gasteiger partial charge in [0, 0.05) is 32.6 Å². The highest BCUT2D eigenvalue weighted by Gasteiger charge is 2.33. The number of carbonyl (C=O) groups excluding carboxylic acids is 1. The third-order valence-corrected chi connectivity index (χ3v) is 6.33. The molecular formula is C16H32N3O6P. The van der Waals surface area contributed by atoms with E-state index >= 15 is 0 Å². The zero-order chi connectivity index (χ0) is 19.6. The van der Waals surface area contributed by atoms with Gasteiger partial charge in [-0.2, -0.15) is 0 Å². The Kier molecular flexibility index (Phi) is 10.3. The first-order valence-electron chi connectivity index (χ1n) is 9.18. The van der Waals surface area contributed by atoms with Gasteiger partial charge in [0.2, 0.25) is 5.91 Å². The number of carboxylic acids is 1. The minimum absolute atomic E-state index is 0.122. The number of nitrogens with two attached hydrogens (primary N) is 1. The van der Waals surface area contributed by atoms with Crippen molar-refractivity contribution in [2.24, 2.45) is 5.73 Å². The highest BCUT2D eigenvalue weighted by Crippen LogP contribution is 2.48. The molecule has 10 heteroatoms. The third kappa shape index (κ3) is 8.14. The van der Waals surface area contributed by atoms with Crippen LogP contribution in [0.2, 0.25) is 0 Å². The van der Waals surface area contributed by atoms with Gasteiger partial charge in [-0.15, -0.1) is 0 Å². The van der Waals surface area contributed by atoms with Crippen LogP contribution in [0.25, 0.3) is 0 Å². The molecule has 0 radical (unpaired) electrons. The Hall–Kier alpha value is -0.990. The maximum Gasteiger partial charge on any atom is 0.332 e. The second-order valence-electron chi connectivity index (χ2n) is 6.25. The van der Waals surface area contributed by atoms with Crippen molar-refractivity contribution in [1.82, 2.24) is 9.80 Å². The summed E-state index contributed by atoms with van der Waals surface area (Å²) in [4.78, 5) is 26.9. The number of aliphatic carboxylic acids is 1. The number of unbranched alkanes of at least 4 members (excludes halogenated alkanes) is 1. The SMILES string of the molecule is CCOP(=O)(C[C@@H](N)C(=O)N1CCN(CCCCC(=O)O)CC1)OCC. The Morgan fingerprint density at radius 1 is 1.12 bits per heavy atom. The van der Waals surface area contributed by atoms with Crippen molar-refractivity contribution in [2.75, 3.05) is 52.1 Å². The quantitative estimate of drug-likeness (QED) is 0.372. The van der Waals surface area contributed by atoms with E-state index in [1.165, 1.54) is 0 Å². The summed E-state index contributed by atoms with van der Waals surface area (Å²) in [5.41, 5.74) is 5.96. The van der Waals surface area contributed by atoms with Crippen LogP contribution in [0.3, 0.4) is 0 Å². The molecule has 0 aromatic heterocycles. The number of nitrogens with zero attached hydrogens (tertiary/aromatic N) is 2. The van der Waals surface area contributed by atoms with Crippen molar-refractivity contribution in [2.45, 2.75) is 39.2 Å². The van der Waals surface area contributed by atoms with Crippen LogP contribution in [0.5, 0.6) is 0 Å². The Morgan fingerprint density at radius 3 is 2.19 bits per heavy atom. The van der Waals surface area contributed by atoms with E-state index in [1.54, 1.807) is 18.7 Å². The van der Waals surface area contributed by atoms with Crippen molar-refractivity contribution in [3.05, 3.63) is 0 Å². The summed E-state index contributed by atoms with van der Waals surface area (Å²) < 4.78 is 22.9. The van der Waals surface area contributed by atoms with E-state index < -0.39 is 19.6 Å². The molecule has 1 atom stereocenters. The standard InChI is InChI=1S/C16H32N3O6P/c1-3-24-26(23,25-4-2)13-14(17)16(22)19-11-9-18(10-12-19)8-6-5-7-15(20)21/h14H,3-13,17H2,1-2H3,(H,20,21)/t14-/m1/s1. The van der Waals surface area contributed by atoms with Gasteiger partial charge < -0.3 is 24.8 Å². The van der Waals surface area contributed by atoms with Gasteiger partial charge >= 0.3 is 13.6 Å². The van der Waals surface area contributed by atoms with Gasteiger partial charge in [0.1, 0.15) is 0 Å². The van der Waals surface area contributed by atoms with Crippen molar-refractivity contribution in [1.29, 1.82) is 0 Å². The predicted octanol–water partition coefficient (Wildman–Crippen LogP) is 0.979. The Morgan fingerprint density at radius 2 is 1.69 bits per heavy atom. The second kappa shape index (κ2) is 11.7. The van der Waals surface area contributed by atoms with Crippen LogP contribution in [0.15, 0.2) is 0 Å². The number of rotatable bonds is 12. The van der Waals surface area contributed by atoms with E-state index in [4.69, 9.17) is 19.9 Å². The van der Waals surface area contributed by atoms with Gasteiger partial charge in [0.15, 0.2) is 0 Å². The van der Waals surface area contributed by atoms with E-state index in [1.807, 2.05) is 0 Å². The highest BCUT2D eigenvalue weighted by atomic mass is 31.2. The molecule has 26 heavy (non-hydrogen) atoms. The van der Waals surface area contributed by atoms with Gasteiger partial charge in [-0.3, -0.25) is 19.1 Å². The molecule has 1 heterocycles. The fourth-order valence-electron chi connectivity index (χ4n) is 2.89. The molecule has 3 N–H and O–H groups in total. The van der Waals surface area contributed by atoms with Crippen molar-refractivity contribution < 1.29 is 28.3 Å². The summed E-state index contributed by atoms with van der Waals surface area (Å²) in [6.45, 7) is 7.28. The van der Waals surface area contributed by atoms with Gasteiger partial charge in [0.25, 0.3) is 0 Å². The Balaban J connectivity index is 2.40. The van der Waals surface area contributed by atoms with E-state index in [0.717, 1.165) is 26.1 Å². The summed E-state index contributed by atoms with van der Waals surface area (Å²) in [7, 11) is -3.35. The van der Waals surface area contributed by atoms with Crippen LogP contribution >= 0.6 is 7.60 Å². The lowest BCUT2D eigenvalue weighted by molar-refractivity contribution is -0.137. The van der Waals surface area contributed by atoms with Crippen LogP contribution < -0.4 is 5.73 Å². The minimum atomic E-state index is -3.35. The van der Waals surface area contributed by atoms with Crippen LogP contribution in [0.4, 0.5) is 0 Å². The largest absolute Gasteiger partial charge is 0.481 e. The van der Waals surface area contributed by atoms with E-state index in [0.29, 0.717) is 19.5 Å². The van der Waals surface area contributed by atoms with Crippen LogP contribution in [-0.2, 0) is 23.2 Å². The average molecular weight is 393 g/mol. The lowest BCUT2D eigenvalue weighted by Crippen LogP contribution is -2.54. The molecule has 1 saturated heterocycles. The molecule has 1 aliphatic heterocycles. The van der Waals surface area contributed by atoms with E-state index in [-0.39, 0.29) is 31.7 Å². The lowest BCUT2D eigenvalue weighted by atomic mass is 10.2. The topological polar surface area (TPSA) is 122 Å². The summed E-state index contributed by atoms with van der Waals surface area (Å²) in [5, 5.41) is 8.64. The molecule has 152 valence electrons. The van der Waals surface area contributed by atoms with Gasteiger partial charge in [-0.05, 0) is 33.2 Å². The lowest BCUT2D eigenvalue weighted by Gasteiger charge is -2.36. The Bertz CT molecular complexity index is 486. The number of piperazine rings is 1. The number of carbonyl (C=O) groups is 2. The van der Waals surface area contributed by atoms with Crippen LogP contribution in [0.1, 0.15) is 33.1 Å². The molecule has 0 spiro atoms. The molecule has 1 amide bonds. The molecule has 0 unspecified atom stereocenters. The summed E-state index contributed by atoms with van der Waals surface area (Å²) >= 11 is 0. The number of carboxylic acid groups (broad SMARTS) is 1. The minimum Gasteiger partial charge on any atom is -0.481 e. The van der Waals surface area contributed by atoms with Crippen molar-refractivity contribution in [3.63, 3.8) is 0 Å². The van der Waals surface area contributed by atoms with E-state index in [9.17, 15) is 14.2 Å².